The second-order valence-electron chi connectivity index (χ2n) is 5.53. The number of anilines is 1. The van der Waals surface area contributed by atoms with E-state index < -0.39 is 0 Å². The van der Waals surface area contributed by atoms with Crippen LogP contribution in [0.25, 0.3) is 10.9 Å². The molecule has 0 radical (unpaired) electrons. The number of para-hydroxylation sites is 1. The van der Waals surface area contributed by atoms with E-state index >= 15 is 0 Å². The van der Waals surface area contributed by atoms with Gasteiger partial charge in [-0.1, -0.05) is 18.2 Å². The maximum atomic E-state index is 11.5. The van der Waals surface area contributed by atoms with Crippen LogP contribution in [0.15, 0.2) is 36.5 Å². The van der Waals surface area contributed by atoms with Gasteiger partial charge < -0.3 is 10.6 Å². The van der Waals surface area contributed by atoms with Crippen molar-refractivity contribution in [2.45, 2.75) is 25.8 Å². The molecule has 2 atom stereocenters. The summed E-state index contributed by atoms with van der Waals surface area (Å²) in [5.41, 5.74) is 7.62. The Morgan fingerprint density at radius 1 is 1.30 bits per heavy atom. The van der Waals surface area contributed by atoms with Crippen LogP contribution < -0.4 is 10.6 Å². The van der Waals surface area contributed by atoms with Crippen molar-refractivity contribution >= 4 is 22.5 Å². The van der Waals surface area contributed by atoms with Crippen LogP contribution >= 0.6 is 0 Å². The van der Waals surface area contributed by atoms with Crippen LogP contribution in [0.1, 0.15) is 19.8 Å². The third-order valence-electron chi connectivity index (χ3n) is 4.22. The number of nitrogens with two attached hydrogens (primary N) is 1. The Balaban J connectivity index is 2.02. The van der Waals surface area contributed by atoms with Crippen molar-refractivity contribution in [1.82, 2.24) is 4.98 Å². The standard InChI is InChI=1S/C16H19N3O/c1-11-6-7-12(16(17)20)10-19(11)15-8-9-18-14-5-3-2-4-13(14)15/h2-5,8-9,11-12H,6-7,10H2,1H3,(H2,17,20)/t11-,12-/m1/s1. The van der Waals surface area contributed by atoms with Gasteiger partial charge in [0.25, 0.3) is 0 Å². The predicted molar refractivity (Wildman–Crippen MR) is 80.5 cm³/mol. The van der Waals surface area contributed by atoms with E-state index in [4.69, 9.17) is 5.73 Å². The summed E-state index contributed by atoms with van der Waals surface area (Å²) in [6, 6.07) is 10.6. The minimum absolute atomic E-state index is 0.0573. The molecule has 0 unspecified atom stereocenters. The molecule has 20 heavy (non-hydrogen) atoms. The Bertz CT molecular complexity index is 635. The maximum Gasteiger partial charge on any atom is 0.222 e. The van der Waals surface area contributed by atoms with Crippen molar-refractivity contribution in [1.29, 1.82) is 0 Å². The largest absolute Gasteiger partial charge is 0.369 e. The lowest BCUT2D eigenvalue weighted by Gasteiger charge is -2.39. The number of amides is 1. The fraction of sp³-hybridized carbons (Fsp3) is 0.375. The van der Waals surface area contributed by atoms with Gasteiger partial charge in [-0.25, -0.2) is 0 Å². The lowest BCUT2D eigenvalue weighted by Crippen LogP contribution is -2.46. The lowest BCUT2D eigenvalue weighted by molar-refractivity contribution is -0.122. The zero-order valence-electron chi connectivity index (χ0n) is 11.6. The molecule has 1 saturated heterocycles. The molecule has 1 aromatic heterocycles. The van der Waals surface area contributed by atoms with Crippen LogP contribution in [0.4, 0.5) is 5.69 Å². The van der Waals surface area contributed by atoms with Crippen LogP contribution in [-0.2, 0) is 4.79 Å². The molecule has 4 heteroatoms. The molecular weight excluding hydrogens is 250 g/mol. The van der Waals surface area contributed by atoms with E-state index in [1.165, 1.54) is 0 Å². The molecule has 0 spiro atoms. The quantitative estimate of drug-likeness (QED) is 0.910. The smallest absolute Gasteiger partial charge is 0.222 e. The highest BCUT2D eigenvalue weighted by Crippen LogP contribution is 2.32. The summed E-state index contributed by atoms with van der Waals surface area (Å²) in [4.78, 5) is 18.2. The SMILES string of the molecule is C[C@@H]1CC[C@@H](C(N)=O)CN1c1ccnc2ccccc12. The topological polar surface area (TPSA) is 59.2 Å². The van der Waals surface area contributed by atoms with Gasteiger partial charge in [-0.3, -0.25) is 9.78 Å². The van der Waals surface area contributed by atoms with E-state index in [0.29, 0.717) is 12.6 Å². The highest BCUT2D eigenvalue weighted by atomic mass is 16.1. The molecule has 2 aromatic rings. The van der Waals surface area contributed by atoms with Gasteiger partial charge in [0.2, 0.25) is 5.91 Å². The Labute approximate surface area is 118 Å². The molecule has 0 aliphatic carbocycles. The molecular formula is C16H19N3O. The third-order valence-corrected chi connectivity index (χ3v) is 4.22. The monoisotopic (exact) mass is 269 g/mol. The zero-order valence-corrected chi connectivity index (χ0v) is 11.6. The summed E-state index contributed by atoms with van der Waals surface area (Å²) >= 11 is 0. The van der Waals surface area contributed by atoms with Crippen LogP contribution in [0, 0.1) is 5.92 Å². The Hall–Kier alpha value is -2.10. The molecule has 2 N–H and O–H groups in total. The Kier molecular flexibility index (Phi) is 3.30. The molecule has 1 aromatic carbocycles. The molecule has 0 bridgehead atoms. The summed E-state index contributed by atoms with van der Waals surface area (Å²) in [7, 11) is 0. The first-order valence-corrected chi connectivity index (χ1v) is 7.06. The fourth-order valence-corrected chi connectivity index (χ4v) is 3.01. The van der Waals surface area contributed by atoms with Gasteiger partial charge in [0.05, 0.1) is 11.4 Å². The predicted octanol–water partition coefficient (Wildman–Crippen LogP) is 2.33. The average Bonchev–Trinajstić information content (AvgIpc) is 2.47. The first kappa shape index (κ1) is 12.9. The van der Waals surface area contributed by atoms with E-state index in [-0.39, 0.29) is 11.8 Å². The van der Waals surface area contributed by atoms with Crippen molar-refractivity contribution < 1.29 is 4.79 Å². The number of nitrogens with zero attached hydrogens (tertiary/aromatic N) is 2. The van der Waals surface area contributed by atoms with Crippen molar-refractivity contribution in [3.63, 3.8) is 0 Å². The van der Waals surface area contributed by atoms with Crippen molar-refractivity contribution in [3.8, 4) is 0 Å². The number of hydrogen-bond donors (Lipinski definition) is 1. The molecule has 1 aliphatic rings. The summed E-state index contributed by atoms with van der Waals surface area (Å²) in [6.45, 7) is 2.90. The number of fused-ring (bicyclic) bond motifs is 1. The van der Waals surface area contributed by atoms with E-state index in [0.717, 1.165) is 29.4 Å². The van der Waals surface area contributed by atoms with Crippen LogP contribution in [0.3, 0.4) is 0 Å². The Morgan fingerprint density at radius 3 is 2.90 bits per heavy atom. The number of benzene rings is 1. The number of piperidine rings is 1. The molecule has 0 saturated carbocycles. The third kappa shape index (κ3) is 2.22. The molecule has 4 nitrogen and oxygen atoms in total. The zero-order chi connectivity index (χ0) is 14.1. The minimum atomic E-state index is -0.194. The normalized spacial score (nSPS) is 22.9. The molecule has 2 heterocycles. The molecule has 1 aliphatic heterocycles. The van der Waals surface area contributed by atoms with Gasteiger partial charge in [0.15, 0.2) is 0 Å². The van der Waals surface area contributed by atoms with Gasteiger partial charge in [-0.15, -0.1) is 0 Å². The average molecular weight is 269 g/mol. The first-order chi connectivity index (χ1) is 9.66. The van der Waals surface area contributed by atoms with Crippen LogP contribution in [0.2, 0.25) is 0 Å². The second-order valence-corrected chi connectivity index (χ2v) is 5.53. The first-order valence-electron chi connectivity index (χ1n) is 7.06. The number of aromatic nitrogens is 1. The molecule has 1 amide bonds. The number of carbonyl (C=O) groups excluding carboxylic acids is 1. The second kappa shape index (κ2) is 5.12. The summed E-state index contributed by atoms with van der Waals surface area (Å²) < 4.78 is 0. The molecule has 1 fully saturated rings. The number of carbonyl (C=O) groups is 1. The van der Waals surface area contributed by atoms with Crippen molar-refractivity contribution in [3.05, 3.63) is 36.5 Å². The highest BCUT2D eigenvalue weighted by molar-refractivity contribution is 5.92. The van der Waals surface area contributed by atoms with E-state index in [9.17, 15) is 4.79 Å². The minimum Gasteiger partial charge on any atom is -0.369 e. The molecule has 3 rings (SSSR count). The summed E-state index contributed by atoms with van der Waals surface area (Å²) in [5, 5.41) is 1.13. The Morgan fingerprint density at radius 2 is 2.10 bits per heavy atom. The van der Waals surface area contributed by atoms with E-state index in [2.05, 4.69) is 22.9 Å². The van der Waals surface area contributed by atoms with E-state index in [1.54, 1.807) is 0 Å². The van der Waals surface area contributed by atoms with Crippen LogP contribution in [0.5, 0.6) is 0 Å². The van der Waals surface area contributed by atoms with Gasteiger partial charge in [0, 0.05) is 29.9 Å². The number of hydrogen-bond acceptors (Lipinski definition) is 3. The van der Waals surface area contributed by atoms with Gasteiger partial charge >= 0.3 is 0 Å². The lowest BCUT2D eigenvalue weighted by atomic mass is 9.92. The van der Waals surface area contributed by atoms with Gasteiger partial charge in [-0.05, 0) is 31.9 Å². The highest BCUT2D eigenvalue weighted by Gasteiger charge is 2.29. The number of rotatable bonds is 2. The van der Waals surface area contributed by atoms with Gasteiger partial charge in [-0.2, -0.15) is 0 Å². The van der Waals surface area contributed by atoms with Crippen molar-refractivity contribution in [2.24, 2.45) is 11.7 Å². The van der Waals surface area contributed by atoms with E-state index in [1.807, 2.05) is 30.5 Å². The summed E-state index contributed by atoms with van der Waals surface area (Å²) in [5.74, 6) is -0.251. The molecule has 104 valence electrons. The maximum absolute atomic E-state index is 11.5. The van der Waals surface area contributed by atoms with Crippen molar-refractivity contribution in [2.75, 3.05) is 11.4 Å². The summed E-state index contributed by atoms with van der Waals surface area (Å²) in [6.07, 6.45) is 3.71. The fourth-order valence-electron chi connectivity index (χ4n) is 3.01. The van der Waals surface area contributed by atoms with Crippen LogP contribution in [-0.4, -0.2) is 23.5 Å². The van der Waals surface area contributed by atoms with Gasteiger partial charge in [0.1, 0.15) is 0 Å². The number of pyridine rings is 1. The number of primary amides is 1.